The standard InChI is InChI=1S/C27H34O5/c1-2-3-4-5-16-29-23-14-12-21(13-15-23)7-6-20-8-10-22(11-9-20)17-30-25-19-32-26-24(28)18-31-27(25)26/h6-15,24-28H,2-5,16-19H2,1H3/b7-6+/t24-,25+,26?,27?/m1/s1. The molecule has 1 N–H and O–H groups in total. The van der Waals surface area contributed by atoms with Gasteiger partial charge in [0.05, 0.1) is 26.4 Å². The van der Waals surface area contributed by atoms with Gasteiger partial charge < -0.3 is 24.1 Å². The van der Waals surface area contributed by atoms with Crippen molar-refractivity contribution < 1.29 is 24.1 Å². The Labute approximate surface area is 191 Å². The van der Waals surface area contributed by atoms with E-state index in [0.717, 1.165) is 35.5 Å². The fraction of sp³-hybridized carbons (Fsp3) is 0.481. The third kappa shape index (κ3) is 6.20. The zero-order valence-electron chi connectivity index (χ0n) is 18.8. The minimum atomic E-state index is -0.543. The summed E-state index contributed by atoms with van der Waals surface area (Å²) in [5.41, 5.74) is 3.38. The maximum absolute atomic E-state index is 9.82. The summed E-state index contributed by atoms with van der Waals surface area (Å²) < 4.78 is 23.0. The molecule has 0 aliphatic carbocycles. The molecule has 32 heavy (non-hydrogen) atoms. The van der Waals surface area contributed by atoms with Crippen LogP contribution in [-0.2, 0) is 20.8 Å². The number of benzene rings is 2. The molecule has 0 amide bonds. The number of rotatable bonds is 11. The van der Waals surface area contributed by atoms with E-state index in [9.17, 15) is 5.11 Å². The van der Waals surface area contributed by atoms with Crippen LogP contribution in [0.5, 0.6) is 5.75 Å². The van der Waals surface area contributed by atoms with Crippen molar-refractivity contribution in [1.82, 2.24) is 0 Å². The molecule has 0 spiro atoms. The molecule has 0 radical (unpaired) electrons. The zero-order chi connectivity index (χ0) is 22.2. The summed E-state index contributed by atoms with van der Waals surface area (Å²) in [7, 11) is 0. The van der Waals surface area contributed by atoms with Crippen LogP contribution < -0.4 is 4.74 Å². The van der Waals surface area contributed by atoms with E-state index >= 15 is 0 Å². The Morgan fingerprint density at radius 1 is 0.875 bits per heavy atom. The first-order valence-corrected chi connectivity index (χ1v) is 11.8. The molecule has 172 valence electrons. The van der Waals surface area contributed by atoms with E-state index in [1.807, 2.05) is 12.1 Å². The number of hydrogen-bond acceptors (Lipinski definition) is 5. The Balaban J connectivity index is 1.21. The minimum Gasteiger partial charge on any atom is -0.494 e. The normalized spacial score (nSPS) is 24.8. The first-order valence-electron chi connectivity index (χ1n) is 11.8. The molecule has 2 fully saturated rings. The van der Waals surface area contributed by atoms with Crippen LogP contribution in [0.1, 0.15) is 49.3 Å². The van der Waals surface area contributed by atoms with Crippen molar-refractivity contribution >= 4 is 12.2 Å². The van der Waals surface area contributed by atoms with E-state index in [0.29, 0.717) is 19.8 Å². The lowest BCUT2D eigenvalue weighted by molar-refractivity contribution is -0.0439. The van der Waals surface area contributed by atoms with Gasteiger partial charge in [0, 0.05) is 0 Å². The lowest BCUT2D eigenvalue weighted by atomic mass is 10.1. The SMILES string of the molecule is CCCCCCOc1ccc(/C=C/c2ccc(CO[C@H]3COC4C3OC[C@H]4O)cc2)cc1. The molecular formula is C27H34O5. The number of aliphatic hydroxyl groups is 1. The van der Waals surface area contributed by atoms with E-state index in [4.69, 9.17) is 18.9 Å². The van der Waals surface area contributed by atoms with Crippen LogP contribution in [0.3, 0.4) is 0 Å². The number of fused-ring (bicyclic) bond motifs is 1. The number of aliphatic hydroxyl groups excluding tert-OH is 1. The molecule has 0 aromatic heterocycles. The molecule has 4 atom stereocenters. The smallest absolute Gasteiger partial charge is 0.119 e. The maximum Gasteiger partial charge on any atom is 0.119 e. The molecule has 2 aromatic carbocycles. The van der Waals surface area contributed by atoms with E-state index < -0.39 is 6.10 Å². The molecule has 2 aliphatic heterocycles. The molecule has 2 unspecified atom stereocenters. The molecule has 4 rings (SSSR count). The second-order valence-electron chi connectivity index (χ2n) is 8.57. The summed E-state index contributed by atoms with van der Waals surface area (Å²) in [6, 6.07) is 16.6. The predicted octanol–water partition coefficient (Wildman–Crippen LogP) is 4.86. The quantitative estimate of drug-likeness (QED) is 0.401. The van der Waals surface area contributed by atoms with Crippen LogP contribution in [0.15, 0.2) is 48.5 Å². The van der Waals surface area contributed by atoms with E-state index in [1.165, 1.54) is 19.3 Å². The van der Waals surface area contributed by atoms with Gasteiger partial charge in [0.25, 0.3) is 0 Å². The van der Waals surface area contributed by atoms with Crippen LogP contribution in [0.4, 0.5) is 0 Å². The first-order chi connectivity index (χ1) is 15.7. The Hall–Kier alpha value is -2.18. The van der Waals surface area contributed by atoms with Crippen molar-refractivity contribution in [3.8, 4) is 5.75 Å². The number of ether oxygens (including phenoxy) is 4. The van der Waals surface area contributed by atoms with Crippen molar-refractivity contribution in [3.63, 3.8) is 0 Å². The summed E-state index contributed by atoms with van der Waals surface area (Å²) in [4.78, 5) is 0. The van der Waals surface area contributed by atoms with Gasteiger partial charge in [-0.15, -0.1) is 0 Å². The van der Waals surface area contributed by atoms with E-state index in [-0.39, 0.29) is 18.3 Å². The lowest BCUT2D eigenvalue weighted by Gasteiger charge is -2.16. The summed E-state index contributed by atoms with van der Waals surface area (Å²) in [5.74, 6) is 0.930. The second kappa shape index (κ2) is 11.6. The predicted molar refractivity (Wildman–Crippen MR) is 126 cm³/mol. The van der Waals surface area contributed by atoms with E-state index in [1.54, 1.807) is 0 Å². The van der Waals surface area contributed by atoms with Gasteiger partial charge in [-0.25, -0.2) is 0 Å². The van der Waals surface area contributed by atoms with Crippen molar-refractivity contribution in [2.75, 3.05) is 19.8 Å². The molecule has 0 saturated carbocycles. The van der Waals surface area contributed by atoms with Gasteiger partial charge in [-0.05, 0) is 35.2 Å². The fourth-order valence-electron chi connectivity index (χ4n) is 4.10. The van der Waals surface area contributed by atoms with Crippen molar-refractivity contribution in [2.45, 2.75) is 63.6 Å². The van der Waals surface area contributed by atoms with Crippen LogP contribution >= 0.6 is 0 Å². The summed E-state index contributed by atoms with van der Waals surface area (Å²) in [6.07, 6.45) is 8.00. The fourth-order valence-corrected chi connectivity index (χ4v) is 4.10. The highest BCUT2D eigenvalue weighted by Crippen LogP contribution is 2.29. The van der Waals surface area contributed by atoms with Crippen LogP contribution in [-0.4, -0.2) is 49.3 Å². The highest BCUT2D eigenvalue weighted by molar-refractivity contribution is 5.69. The van der Waals surface area contributed by atoms with Crippen LogP contribution in [0.2, 0.25) is 0 Å². The highest BCUT2D eigenvalue weighted by atomic mass is 16.6. The van der Waals surface area contributed by atoms with Crippen LogP contribution in [0.25, 0.3) is 12.2 Å². The Kier molecular flexibility index (Phi) is 8.35. The average Bonchev–Trinajstić information content (AvgIpc) is 3.40. The molecule has 2 aliphatic rings. The van der Waals surface area contributed by atoms with Crippen LogP contribution in [0, 0.1) is 0 Å². The van der Waals surface area contributed by atoms with Gasteiger partial charge in [0.15, 0.2) is 0 Å². The second-order valence-corrected chi connectivity index (χ2v) is 8.57. The van der Waals surface area contributed by atoms with Gasteiger partial charge in [-0.2, -0.15) is 0 Å². The van der Waals surface area contributed by atoms with E-state index in [2.05, 4.69) is 55.5 Å². The van der Waals surface area contributed by atoms with Gasteiger partial charge in [-0.3, -0.25) is 0 Å². The minimum absolute atomic E-state index is 0.125. The van der Waals surface area contributed by atoms with Gasteiger partial charge in [0.2, 0.25) is 0 Å². The monoisotopic (exact) mass is 438 g/mol. The van der Waals surface area contributed by atoms with Gasteiger partial charge >= 0.3 is 0 Å². The molecule has 0 bridgehead atoms. The molecular weight excluding hydrogens is 404 g/mol. The number of hydrogen-bond donors (Lipinski definition) is 1. The molecule has 2 aromatic rings. The first kappa shape index (κ1) is 23.0. The molecule has 5 heteroatoms. The molecule has 2 saturated heterocycles. The largest absolute Gasteiger partial charge is 0.494 e. The van der Waals surface area contributed by atoms with Gasteiger partial charge in [-0.1, -0.05) is 74.7 Å². The molecule has 5 nitrogen and oxygen atoms in total. The Morgan fingerprint density at radius 3 is 2.28 bits per heavy atom. The number of unbranched alkanes of at least 4 members (excludes halogenated alkanes) is 3. The highest BCUT2D eigenvalue weighted by Gasteiger charge is 2.47. The zero-order valence-corrected chi connectivity index (χ0v) is 18.8. The summed E-state index contributed by atoms with van der Waals surface area (Å²) in [6.45, 7) is 4.30. The van der Waals surface area contributed by atoms with Crippen molar-refractivity contribution in [1.29, 1.82) is 0 Å². The van der Waals surface area contributed by atoms with Crippen molar-refractivity contribution in [3.05, 3.63) is 65.2 Å². The topological polar surface area (TPSA) is 57.2 Å². The lowest BCUT2D eigenvalue weighted by Crippen LogP contribution is -2.32. The molecule has 2 heterocycles. The van der Waals surface area contributed by atoms with Crippen molar-refractivity contribution in [2.24, 2.45) is 0 Å². The summed E-state index contributed by atoms with van der Waals surface area (Å²) in [5, 5.41) is 9.82. The Morgan fingerprint density at radius 2 is 1.56 bits per heavy atom. The Bertz CT molecular complexity index is 845. The summed E-state index contributed by atoms with van der Waals surface area (Å²) >= 11 is 0. The third-order valence-corrected chi connectivity index (χ3v) is 6.04. The third-order valence-electron chi connectivity index (χ3n) is 6.04. The maximum atomic E-state index is 9.82. The average molecular weight is 439 g/mol. The van der Waals surface area contributed by atoms with Gasteiger partial charge in [0.1, 0.15) is 30.2 Å².